The fourth-order valence-corrected chi connectivity index (χ4v) is 3.22. The van der Waals surface area contributed by atoms with E-state index in [-0.39, 0.29) is 17.1 Å². The summed E-state index contributed by atoms with van der Waals surface area (Å²) in [6.45, 7) is 0. The molecule has 0 aliphatic carbocycles. The van der Waals surface area contributed by atoms with Gasteiger partial charge in [0.25, 0.3) is 10.0 Å². The number of hydrogen-bond acceptors (Lipinski definition) is 7. The second-order valence-electron chi connectivity index (χ2n) is 5.37. The molecule has 0 unspecified atom stereocenters. The zero-order valence-electron chi connectivity index (χ0n) is 14.4. The lowest BCUT2D eigenvalue weighted by Crippen LogP contribution is -2.12. The van der Waals surface area contributed by atoms with Gasteiger partial charge < -0.3 is 18.4 Å². The molecule has 1 aromatic carbocycles. The minimum atomic E-state index is -4.72. The molecule has 150 valence electrons. The molecule has 0 radical (unpaired) electrons. The molecule has 12 heteroatoms. The van der Waals surface area contributed by atoms with Crippen LogP contribution in [0.1, 0.15) is 5.76 Å². The monoisotopic (exact) mass is 418 g/mol. The van der Waals surface area contributed by atoms with Crippen molar-refractivity contribution in [3.05, 3.63) is 42.2 Å². The number of alkyl halides is 3. The van der Waals surface area contributed by atoms with Gasteiger partial charge in [-0.1, -0.05) is 5.16 Å². The van der Waals surface area contributed by atoms with Gasteiger partial charge in [-0.2, -0.15) is 21.6 Å². The molecule has 0 saturated carbocycles. The minimum Gasteiger partial charge on any atom is -0.493 e. The summed E-state index contributed by atoms with van der Waals surface area (Å²) in [5, 5.41) is 2.72. The first-order valence-corrected chi connectivity index (χ1v) is 9.01. The van der Waals surface area contributed by atoms with Gasteiger partial charge in [0.15, 0.2) is 17.3 Å². The lowest BCUT2D eigenvalue weighted by Gasteiger charge is -2.10. The third-order valence-electron chi connectivity index (χ3n) is 3.52. The first kappa shape index (κ1) is 19.6. The molecule has 1 N–H and O–H groups in total. The van der Waals surface area contributed by atoms with E-state index in [9.17, 15) is 21.6 Å². The predicted molar refractivity (Wildman–Crippen MR) is 89.6 cm³/mol. The van der Waals surface area contributed by atoms with Crippen LogP contribution >= 0.6 is 0 Å². The highest BCUT2D eigenvalue weighted by atomic mass is 32.2. The smallest absolute Gasteiger partial charge is 0.452 e. The molecule has 0 fully saturated rings. The maximum Gasteiger partial charge on any atom is 0.452 e. The van der Waals surface area contributed by atoms with Gasteiger partial charge in [-0.3, -0.25) is 4.72 Å². The predicted octanol–water partition coefficient (Wildman–Crippen LogP) is 3.77. The Bertz CT molecular complexity index is 1090. The number of nitrogens with zero attached hydrogens (tertiary/aromatic N) is 1. The van der Waals surface area contributed by atoms with Crippen molar-refractivity contribution in [1.82, 2.24) is 5.16 Å². The van der Waals surface area contributed by atoms with Crippen LogP contribution in [0.25, 0.3) is 11.5 Å². The van der Waals surface area contributed by atoms with Crippen molar-refractivity contribution in [3.63, 3.8) is 0 Å². The molecule has 0 aliphatic heterocycles. The van der Waals surface area contributed by atoms with Crippen LogP contribution in [0.15, 0.2) is 50.4 Å². The Hall–Kier alpha value is -3.15. The summed E-state index contributed by atoms with van der Waals surface area (Å²) in [7, 11) is -1.34. The van der Waals surface area contributed by atoms with Crippen LogP contribution < -0.4 is 14.2 Å². The maximum absolute atomic E-state index is 12.6. The van der Waals surface area contributed by atoms with E-state index in [1.807, 2.05) is 0 Å². The highest BCUT2D eigenvalue weighted by Crippen LogP contribution is 2.34. The number of sulfonamides is 1. The Morgan fingerprint density at radius 2 is 1.75 bits per heavy atom. The number of benzene rings is 1. The SMILES string of the molecule is COc1ccc(NS(=O)(=O)c2ccc(-c3cc(C(F)(F)F)on3)o2)cc1OC. The topological polar surface area (TPSA) is 104 Å². The normalized spacial score (nSPS) is 12.0. The molecule has 28 heavy (non-hydrogen) atoms. The summed E-state index contributed by atoms with van der Waals surface area (Å²) >= 11 is 0. The van der Waals surface area contributed by atoms with Gasteiger partial charge in [0.05, 0.1) is 19.9 Å². The highest BCUT2D eigenvalue weighted by molar-refractivity contribution is 7.92. The summed E-state index contributed by atoms with van der Waals surface area (Å²) in [5.41, 5.74) is -0.128. The number of rotatable bonds is 6. The van der Waals surface area contributed by atoms with Crippen LogP contribution in [0.5, 0.6) is 11.5 Å². The molecule has 0 amide bonds. The molecule has 0 aliphatic rings. The summed E-state index contributed by atoms with van der Waals surface area (Å²) < 4.78 is 84.4. The molecule has 2 heterocycles. The first-order valence-electron chi connectivity index (χ1n) is 7.53. The fourth-order valence-electron chi connectivity index (χ4n) is 2.23. The van der Waals surface area contributed by atoms with Gasteiger partial charge in [0, 0.05) is 12.1 Å². The third kappa shape index (κ3) is 3.91. The second-order valence-corrected chi connectivity index (χ2v) is 6.98. The number of nitrogens with one attached hydrogen (secondary N) is 1. The summed E-state index contributed by atoms with van der Waals surface area (Å²) in [6, 6.07) is 7.19. The summed E-state index contributed by atoms with van der Waals surface area (Å²) in [6.07, 6.45) is -4.72. The van der Waals surface area contributed by atoms with E-state index in [0.717, 1.165) is 6.07 Å². The van der Waals surface area contributed by atoms with Gasteiger partial charge >= 0.3 is 6.18 Å². The fraction of sp³-hybridized carbons (Fsp3) is 0.188. The van der Waals surface area contributed by atoms with Crippen molar-refractivity contribution in [3.8, 4) is 23.0 Å². The Balaban J connectivity index is 1.85. The van der Waals surface area contributed by atoms with Crippen molar-refractivity contribution in [2.24, 2.45) is 0 Å². The molecule has 3 rings (SSSR count). The van der Waals surface area contributed by atoms with E-state index in [0.29, 0.717) is 17.6 Å². The van der Waals surface area contributed by atoms with Gasteiger partial charge in [0.2, 0.25) is 10.9 Å². The van der Waals surface area contributed by atoms with Crippen molar-refractivity contribution in [2.75, 3.05) is 18.9 Å². The van der Waals surface area contributed by atoms with E-state index in [1.54, 1.807) is 0 Å². The molecule has 0 atom stereocenters. The molecule has 3 aromatic rings. The van der Waals surface area contributed by atoms with Crippen molar-refractivity contribution >= 4 is 15.7 Å². The zero-order valence-corrected chi connectivity index (χ0v) is 15.2. The molecule has 0 spiro atoms. The summed E-state index contributed by atoms with van der Waals surface area (Å²) in [4.78, 5) is 0. The van der Waals surface area contributed by atoms with Crippen LogP contribution in [0.3, 0.4) is 0 Å². The van der Waals surface area contributed by atoms with E-state index >= 15 is 0 Å². The van der Waals surface area contributed by atoms with Crippen LogP contribution in [-0.4, -0.2) is 27.8 Å². The second kappa shape index (κ2) is 7.11. The van der Waals surface area contributed by atoms with Gasteiger partial charge in [-0.05, 0) is 24.3 Å². The largest absolute Gasteiger partial charge is 0.493 e. The standard InChI is InChI=1S/C16H13F3N2O6S/c1-24-12-4-3-9(7-13(12)25-2)21-28(22,23)15-6-5-11(26-15)10-8-14(27-20-10)16(17,18)19/h3-8,21H,1-2H3. The maximum atomic E-state index is 12.6. The molecule has 0 saturated heterocycles. The van der Waals surface area contributed by atoms with Crippen LogP contribution in [0.4, 0.5) is 18.9 Å². The Morgan fingerprint density at radius 1 is 1.04 bits per heavy atom. The number of methoxy groups -OCH3 is 2. The number of furan rings is 1. The van der Waals surface area contributed by atoms with Crippen molar-refractivity contribution < 1.29 is 40.0 Å². The number of ether oxygens (including phenoxy) is 2. The summed E-state index contributed by atoms with van der Waals surface area (Å²) in [5.74, 6) is -0.832. The van der Waals surface area contributed by atoms with E-state index in [1.165, 1.54) is 38.5 Å². The third-order valence-corrected chi connectivity index (χ3v) is 4.78. The Labute approximate surface area is 156 Å². The minimum absolute atomic E-state index is 0.163. The number of halogens is 3. The number of aromatic nitrogens is 1. The molecular formula is C16H13F3N2O6S. The number of hydrogen-bond donors (Lipinski definition) is 1. The van der Waals surface area contributed by atoms with Crippen LogP contribution in [-0.2, 0) is 16.2 Å². The molecule has 8 nitrogen and oxygen atoms in total. The highest BCUT2D eigenvalue weighted by Gasteiger charge is 2.36. The van der Waals surface area contributed by atoms with Gasteiger partial charge in [0.1, 0.15) is 5.69 Å². The lowest BCUT2D eigenvalue weighted by atomic mass is 10.3. The van der Waals surface area contributed by atoms with Gasteiger partial charge in [-0.25, -0.2) is 0 Å². The zero-order chi connectivity index (χ0) is 20.5. The van der Waals surface area contributed by atoms with Crippen LogP contribution in [0.2, 0.25) is 0 Å². The molecule has 2 aromatic heterocycles. The van der Waals surface area contributed by atoms with Crippen LogP contribution in [0, 0.1) is 0 Å². The average molecular weight is 418 g/mol. The van der Waals surface area contributed by atoms with Crippen molar-refractivity contribution in [1.29, 1.82) is 0 Å². The quantitative estimate of drug-likeness (QED) is 0.650. The average Bonchev–Trinajstić information content (AvgIpc) is 3.30. The Morgan fingerprint density at radius 3 is 2.36 bits per heavy atom. The molecule has 0 bridgehead atoms. The van der Waals surface area contributed by atoms with E-state index < -0.39 is 27.1 Å². The van der Waals surface area contributed by atoms with E-state index in [4.69, 9.17) is 13.9 Å². The Kier molecular flexibility index (Phi) is 4.98. The molecular weight excluding hydrogens is 405 g/mol. The van der Waals surface area contributed by atoms with Crippen molar-refractivity contribution in [2.45, 2.75) is 11.3 Å². The first-order chi connectivity index (χ1) is 13.1. The number of anilines is 1. The van der Waals surface area contributed by atoms with E-state index in [2.05, 4.69) is 14.4 Å². The lowest BCUT2D eigenvalue weighted by molar-refractivity contribution is -0.155. The van der Waals surface area contributed by atoms with Gasteiger partial charge in [-0.15, -0.1) is 0 Å².